The summed E-state index contributed by atoms with van der Waals surface area (Å²) >= 11 is 0. The highest BCUT2D eigenvalue weighted by atomic mass is 19.2. The first-order valence-electron chi connectivity index (χ1n) is 7.47. The Morgan fingerprint density at radius 1 is 1.09 bits per heavy atom. The van der Waals surface area contributed by atoms with Crippen LogP contribution in [0.2, 0.25) is 0 Å². The zero-order valence-electron chi connectivity index (χ0n) is 13.8. The number of hydrogen-bond acceptors (Lipinski definition) is 3. The van der Waals surface area contributed by atoms with Crippen molar-refractivity contribution < 1.29 is 22.7 Å². The fourth-order valence-corrected chi connectivity index (χ4v) is 2.46. The van der Waals surface area contributed by atoms with E-state index in [-0.39, 0.29) is 5.56 Å². The molecular weight excluding hydrogens is 309 g/mol. The summed E-state index contributed by atoms with van der Waals surface area (Å²) in [4.78, 5) is 15.3. The van der Waals surface area contributed by atoms with Crippen LogP contribution in [0.1, 0.15) is 26.3 Å². The molecule has 0 bridgehead atoms. The molecule has 0 atom stereocenters. The second-order valence-corrected chi connectivity index (χ2v) is 6.58. The van der Waals surface area contributed by atoms with Gasteiger partial charge in [-0.2, -0.15) is 0 Å². The van der Waals surface area contributed by atoms with Crippen molar-refractivity contribution in [3.8, 4) is 0 Å². The number of ether oxygens (including phenoxy) is 1. The van der Waals surface area contributed by atoms with Crippen molar-refractivity contribution in [1.29, 1.82) is 0 Å². The van der Waals surface area contributed by atoms with Gasteiger partial charge in [-0.3, -0.25) is 0 Å². The van der Waals surface area contributed by atoms with Gasteiger partial charge in [-0.05, 0) is 27.7 Å². The molecule has 1 saturated heterocycles. The normalized spacial score (nSPS) is 15.8. The number of piperazine rings is 1. The Labute approximate surface area is 133 Å². The van der Waals surface area contributed by atoms with Crippen LogP contribution in [0.4, 0.5) is 23.7 Å². The Morgan fingerprint density at radius 3 is 2.17 bits per heavy atom. The molecule has 1 aromatic rings. The molecule has 0 spiro atoms. The maximum Gasteiger partial charge on any atom is 0.410 e. The van der Waals surface area contributed by atoms with Crippen LogP contribution in [0.25, 0.3) is 0 Å². The van der Waals surface area contributed by atoms with E-state index in [0.29, 0.717) is 31.9 Å². The van der Waals surface area contributed by atoms with Crippen molar-refractivity contribution in [2.24, 2.45) is 0 Å². The number of hydrogen-bond donors (Lipinski definition) is 0. The van der Waals surface area contributed by atoms with E-state index >= 15 is 0 Å². The first-order chi connectivity index (χ1) is 10.6. The van der Waals surface area contributed by atoms with Crippen molar-refractivity contribution in [2.75, 3.05) is 31.1 Å². The summed E-state index contributed by atoms with van der Waals surface area (Å²) in [6.07, 6.45) is -0.412. The van der Waals surface area contributed by atoms with Crippen LogP contribution in [0.5, 0.6) is 0 Å². The fourth-order valence-electron chi connectivity index (χ4n) is 2.46. The van der Waals surface area contributed by atoms with Gasteiger partial charge in [0.05, 0.1) is 0 Å². The van der Waals surface area contributed by atoms with Crippen molar-refractivity contribution >= 4 is 11.8 Å². The van der Waals surface area contributed by atoms with E-state index in [2.05, 4.69) is 0 Å². The van der Waals surface area contributed by atoms with Gasteiger partial charge in [0.1, 0.15) is 5.60 Å². The summed E-state index contributed by atoms with van der Waals surface area (Å²) in [5, 5.41) is 0. The molecule has 0 aliphatic carbocycles. The Balaban J connectivity index is 2.07. The van der Waals surface area contributed by atoms with E-state index in [1.165, 1.54) is 6.92 Å². The number of anilines is 1. The first-order valence-corrected chi connectivity index (χ1v) is 7.47. The van der Waals surface area contributed by atoms with Crippen LogP contribution < -0.4 is 4.90 Å². The minimum Gasteiger partial charge on any atom is -0.444 e. The quantitative estimate of drug-likeness (QED) is 0.739. The highest BCUT2D eigenvalue weighted by Gasteiger charge is 2.27. The minimum atomic E-state index is -1.46. The van der Waals surface area contributed by atoms with Crippen LogP contribution in [0.15, 0.2) is 6.07 Å². The standard InChI is InChI=1S/C16H21F3N2O2/c1-10-12(9-11(17)14(19)13(10)18)20-5-7-21(8-6-20)15(22)23-16(2,3)4/h9H,5-8H2,1-4H3. The molecule has 128 valence electrons. The van der Waals surface area contributed by atoms with Gasteiger partial charge in [0.2, 0.25) is 0 Å². The molecule has 1 aromatic carbocycles. The molecule has 0 radical (unpaired) electrons. The number of halogens is 3. The lowest BCUT2D eigenvalue weighted by Gasteiger charge is -2.37. The smallest absolute Gasteiger partial charge is 0.410 e. The highest BCUT2D eigenvalue weighted by molar-refractivity contribution is 5.68. The van der Waals surface area contributed by atoms with Crippen molar-refractivity contribution in [2.45, 2.75) is 33.3 Å². The summed E-state index contributed by atoms with van der Waals surface area (Å²) in [6, 6.07) is 0.997. The van der Waals surface area contributed by atoms with Crippen LogP contribution in [0.3, 0.4) is 0 Å². The number of benzene rings is 1. The monoisotopic (exact) mass is 330 g/mol. The summed E-state index contributed by atoms with van der Waals surface area (Å²) in [6.45, 7) is 8.30. The Kier molecular flexibility index (Phi) is 4.77. The topological polar surface area (TPSA) is 32.8 Å². The van der Waals surface area contributed by atoms with Crippen LogP contribution in [-0.4, -0.2) is 42.8 Å². The van der Waals surface area contributed by atoms with Crippen molar-refractivity contribution in [3.63, 3.8) is 0 Å². The summed E-state index contributed by atoms with van der Waals surface area (Å²) in [7, 11) is 0. The lowest BCUT2D eigenvalue weighted by atomic mass is 10.1. The fraction of sp³-hybridized carbons (Fsp3) is 0.562. The SMILES string of the molecule is Cc1c(N2CCN(C(=O)OC(C)(C)C)CC2)cc(F)c(F)c1F. The molecule has 4 nitrogen and oxygen atoms in total. The van der Waals surface area contributed by atoms with Gasteiger partial charge in [-0.15, -0.1) is 0 Å². The van der Waals surface area contributed by atoms with Gasteiger partial charge < -0.3 is 14.5 Å². The second-order valence-electron chi connectivity index (χ2n) is 6.58. The van der Waals surface area contributed by atoms with E-state index in [1.54, 1.807) is 30.6 Å². The summed E-state index contributed by atoms with van der Waals surface area (Å²) in [5.41, 5.74) is -0.201. The summed E-state index contributed by atoms with van der Waals surface area (Å²) < 4.78 is 45.6. The van der Waals surface area contributed by atoms with Crippen LogP contribution in [-0.2, 0) is 4.74 Å². The molecule has 1 amide bonds. The van der Waals surface area contributed by atoms with E-state index in [9.17, 15) is 18.0 Å². The lowest BCUT2D eigenvalue weighted by molar-refractivity contribution is 0.0240. The molecule has 0 saturated carbocycles. The van der Waals surface area contributed by atoms with Gasteiger partial charge in [-0.25, -0.2) is 18.0 Å². The number of carbonyl (C=O) groups is 1. The Morgan fingerprint density at radius 2 is 1.65 bits per heavy atom. The zero-order valence-corrected chi connectivity index (χ0v) is 13.8. The zero-order chi connectivity index (χ0) is 17.4. The molecule has 23 heavy (non-hydrogen) atoms. The molecule has 0 unspecified atom stereocenters. The number of rotatable bonds is 1. The van der Waals surface area contributed by atoms with Gasteiger partial charge >= 0.3 is 6.09 Å². The van der Waals surface area contributed by atoms with E-state index < -0.39 is 29.1 Å². The van der Waals surface area contributed by atoms with Gasteiger partial charge in [-0.1, -0.05) is 0 Å². The molecule has 2 rings (SSSR count). The van der Waals surface area contributed by atoms with Gasteiger partial charge in [0, 0.05) is 43.5 Å². The van der Waals surface area contributed by atoms with Crippen molar-refractivity contribution in [3.05, 3.63) is 29.1 Å². The van der Waals surface area contributed by atoms with E-state index in [4.69, 9.17) is 4.74 Å². The van der Waals surface area contributed by atoms with Gasteiger partial charge in [0.15, 0.2) is 17.5 Å². The molecule has 1 aliphatic rings. The molecule has 1 aliphatic heterocycles. The first kappa shape index (κ1) is 17.4. The number of amides is 1. The maximum atomic E-state index is 13.7. The lowest BCUT2D eigenvalue weighted by Crippen LogP contribution is -2.50. The Hall–Kier alpha value is -1.92. The largest absolute Gasteiger partial charge is 0.444 e. The predicted molar refractivity (Wildman–Crippen MR) is 81.1 cm³/mol. The second kappa shape index (κ2) is 6.29. The number of carbonyl (C=O) groups excluding carboxylic acids is 1. The molecular formula is C16H21F3N2O2. The summed E-state index contributed by atoms with van der Waals surface area (Å²) in [5.74, 6) is -3.84. The molecule has 1 fully saturated rings. The molecule has 0 N–H and O–H groups in total. The van der Waals surface area contributed by atoms with Crippen molar-refractivity contribution in [1.82, 2.24) is 4.90 Å². The third-order valence-corrected chi connectivity index (χ3v) is 3.65. The number of nitrogens with zero attached hydrogens (tertiary/aromatic N) is 2. The van der Waals surface area contributed by atoms with Crippen LogP contribution >= 0.6 is 0 Å². The maximum absolute atomic E-state index is 13.7. The highest BCUT2D eigenvalue weighted by Crippen LogP contribution is 2.27. The average molecular weight is 330 g/mol. The third-order valence-electron chi connectivity index (χ3n) is 3.65. The van der Waals surface area contributed by atoms with E-state index in [0.717, 1.165) is 6.07 Å². The molecule has 0 aromatic heterocycles. The van der Waals surface area contributed by atoms with Crippen LogP contribution in [0, 0.1) is 24.4 Å². The minimum absolute atomic E-state index is 0.0645. The Bertz CT molecular complexity index is 606. The predicted octanol–water partition coefficient (Wildman–Crippen LogP) is 3.47. The van der Waals surface area contributed by atoms with E-state index in [1.807, 2.05) is 0 Å². The average Bonchev–Trinajstić information content (AvgIpc) is 2.47. The third kappa shape index (κ3) is 3.89. The molecule has 1 heterocycles. The van der Waals surface area contributed by atoms with Gasteiger partial charge in [0.25, 0.3) is 0 Å². The molecule has 7 heteroatoms.